The van der Waals surface area contributed by atoms with Crippen molar-refractivity contribution in [2.24, 2.45) is 4.99 Å². The molecule has 0 N–H and O–H groups in total. The van der Waals surface area contributed by atoms with Gasteiger partial charge in [-0.1, -0.05) is 103 Å². The Morgan fingerprint density at radius 2 is 1.45 bits per heavy atom. The molecule has 49 heavy (non-hydrogen) atoms. The molecule has 0 spiro atoms. The molecule has 4 bridgehead atoms. The molecular weight excluding hydrogens is 650 g/mol. The Kier molecular flexibility index (Phi) is 9.63. The summed E-state index contributed by atoms with van der Waals surface area (Å²) in [7, 11) is 0. The van der Waals surface area contributed by atoms with Gasteiger partial charge in [-0.05, 0) is 24.5 Å². The third kappa shape index (κ3) is 7.41. The fourth-order valence-electron chi connectivity index (χ4n) is 5.18. The van der Waals surface area contributed by atoms with Crippen LogP contribution in [0.3, 0.4) is 0 Å². The van der Waals surface area contributed by atoms with Gasteiger partial charge in [0, 0.05) is 17.5 Å². The summed E-state index contributed by atoms with van der Waals surface area (Å²) in [6, 6.07) is 26.3. The van der Waals surface area contributed by atoms with Gasteiger partial charge in [-0.3, -0.25) is 0 Å². The van der Waals surface area contributed by atoms with Gasteiger partial charge >= 0.3 is 12.4 Å². The molecule has 1 unspecified atom stereocenters. The minimum Gasteiger partial charge on any atom is -0.477 e. The maximum atomic E-state index is 15.1. The predicted octanol–water partition coefficient (Wildman–Crippen LogP) is 9.41. The second kappa shape index (κ2) is 14.0. The van der Waals surface area contributed by atoms with Gasteiger partial charge in [-0.2, -0.15) is 26.3 Å². The van der Waals surface area contributed by atoms with E-state index >= 15 is 13.2 Å². The van der Waals surface area contributed by atoms with Gasteiger partial charge in [0.25, 0.3) is 11.8 Å². The Labute approximate surface area is 277 Å². The summed E-state index contributed by atoms with van der Waals surface area (Å²) in [5, 5.41) is 7.62. The van der Waals surface area contributed by atoms with Gasteiger partial charge in [0.15, 0.2) is 5.69 Å². The number of allylic oxidation sites excluding steroid dienone is 1. The summed E-state index contributed by atoms with van der Waals surface area (Å²) in [4.78, 5) is 8.75. The number of fused-ring (bicyclic) bond motifs is 5. The summed E-state index contributed by atoms with van der Waals surface area (Å²) in [5.74, 6) is -2.35. The molecular formula is C36H28F6N4O3. The average molecular weight is 679 g/mol. The molecule has 1 atom stereocenters. The van der Waals surface area contributed by atoms with Gasteiger partial charge in [0.1, 0.15) is 5.56 Å². The maximum absolute atomic E-state index is 15.1. The number of hydrogen-bond acceptors (Lipinski definition) is 7. The largest absolute Gasteiger partial charge is 0.477 e. The average Bonchev–Trinajstić information content (AvgIpc) is 3.58. The van der Waals surface area contributed by atoms with E-state index in [1.165, 1.54) is 12.2 Å². The van der Waals surface area contributed by atoms with Crippen LogP contribution in [0, 0.1) is 0 Å². The van der Waals surface area contributed by atoms with Gasteiger partial charge in [-0.15, -0.1) is 10.2 Å². The Bertz CT molecular complexity index is 1890. The van der Waals surface area contributed by atoms with Crippen LogP contribution in [-0.2, 0) is 23.1 Å². The number of aliphatic imine (C=N–C) groups is 1. The van der Waals surface area contributed by atoms with Gasteiger partial charge in [0.2, 0.25) is 11.5 Å². The Balaban J connectivity index is 1.57. The van der Waals surface area contributed by atoms with Crippen LogP contribution in [0.1, 0.15) is 47.4 Å². The Hall–Kier alpha value is -5.30. The fourth-order valence-corrected chi connectivity index (χ4v) is 5.18. The lowest BCUT2D eigenvalue weighted by Gasteiger charge is -2.31. The molecule has 1 aliphatic heterocycles. The lowest BCUT2D eigenvalue weighted by atomic mass is 9.97. The standard InChI is InChI=1S/C36H28F6N4O3/c37-35(38,39)27-22-28(43-29(25-16-8-4-9-17-25)26-18-10-5-11-19-26)30-32-45-46-33(49-32)34(36(40,41)42,48-23-24-14-6-3-7-15-24)20-12-1-2-13-21-47-31(27)44-30/h1,3-12,14-19,22H,2,13,20-21,23H2. The van der Waals surface area contributed by atoms with Crippen LogP contribution in [0.2, 0.25) is 0 Å². The summed E-state index contributed by atoms with van der Waals surface area (Å²) >= 11 is 0. The molecule has 1 aliphatic rings. The Morgan fingerprint density at radius 3 is 2.06 bits per heavy atom. The van der Waals surface area contributed by atoms with Gasteiger partial charge in [0.05, 0.1) is 24.6 Å². The van der Waals surface area contributed by atoms with Crippen LogP contribution in [-0.4, -0.2) is 33.7 Å². The van der Waals surface area contributed by atoms with Crippen molar-refractivity contribution in [2.45, 2.75) is 43.8 Å². The van der Waals surface area contributed by atoms with E-state index in [1.807, 2.05) is 0 Å². The first kappa shape index (κ1) is 33.6. The summed E-state index contributed by atoms with van der Waals surface area (Å²) < 4.78 is 106. The van der Waals surface area contributed by atoms with Crippen LogP contribution in [0.4, 0.5) is 32.0 Å². The summed E-state index contributed by atoms with van der Waals surface area (Å²) in [6.07, 6.45) is -7.55. The van der Waals surface area contributed by atoms with Crippen molar-refractivity contribution < 1.29 is 40.2 Å². The number of pyridine rings is 1. The molecule has 252 valence electrons. The first-order valence-electron chi connectivity index (χ1n) is 15.2. The first-order chi connectivity index (χ1) is 23.5. The highest BCUT2D eigenvalue weighted by Crippen LogP contribution is 2.47. The highest BCUT2D eigenvalue weighted by molar-refractivity contribution is 6.14. The number of halogens is 6. The highest BCUT2D eigenvalue weighted by Gasteiger charge is 2.61. The van der Waals surface area contributed by atoms with E-state index in [2.05, 4.69) is 20.2 Å². The first-order valence-corrected chi connectivity index (χ1v) is 15.2. The minimum absolute atomic E-state index is 0.194. The molecule has 0 fully saturated rings. The predicted molar refractivity (Wildman–Crippen MR) is 168 cm³/mol. The van der Waals surface area contributed by atoms with Crippen LogP contribution >= 0.6 is 0 Å². The van der Waals surface area contributed by atoms with E-state index in [9.17, 15) is 13.2 Å². The molecule has 2 aromatic heterocycles. The quantitative estimate of drug-likeness (QED) is 0.101. The molecule has 6 rings (SSSR count). The van der Waals surface area contributed by atoms with Crippen LogP contribution in [0.5, 0.6) is 5.88 Å². The third-order valence-electron chi connectivity index (χ3n) is 7.68. The number of ether oxygens (including phenoxy) is 2. The zero-order valence-corrected chi connectivity index (χ0v) is 25.7. The zero-order chi connectivity index (χ0) is 34.5. The monoisotopic (exact) mass is 678 g/mol. The van der Waals surface area contributed by atoms with E-state index in [0.717, 1.165) is 6.07 Å². The molecule has 7 nitrogen and oxygen atoms in total. The molecule has 0 saturated carbocycles. The van der Waals surface area contributed by atoms with Crippen molar-refractivity contribution in [2.75, 3.05) is 6.61 Å². The van der Waals surface area contributed by atoms with Crippen LogP contribution in [0.15, 0.2) is 119 Å². The normalized spacial score (nSPS) is 16.8. The van der Waals surface area contributed by atoms with Crippen molar-refractivity contribution in [3.8, 4) is 17.5 Å². The third-order valence-corrected chi connectivity index (χ3v) is 7.68. The fraction of sp³-hybridized carbons (Fsp3) is 0.222. The maximum Gasteiger partial charge on any atom is 0.426 e. The van der Waals surface area contributed by atoms with E-state index < -0.39 is 59.9 Å². The molecule has 5 aromatic rings. The van der Waals surface area contributed by atoms with E-state index in [-0.39, 0.29) is 30.8 Å². The summed E-state index contributed by atoms with van der Waals surface area (Å²) in [6.45, 7) is -0.652. The van der Waals surface area contributed by atoms with E-state index in [4.69, 9.17) is 13.9 Å². The van der Waals surface area contributed by atoms with Crippen molar-refractivity contribution in [1.29, 1.82) is 0 Å². The molecule has 0 aliphatic carbocycles. The lowest BCUT2D eigenvalue weighted by Crippen LogP contribution is -2.45. The summed E-state index contributed by atoms with van der Waals surface area (Å²) in [5.41, 5.74) is -3.27. The molecule has 0 saturated heterocycles. The molecule has 13 heteroatoms. The lowest BCUT2D eigenvalue weighted by molar-refractivity contribution is -0.295. The van der Waals surface area contributed by atoms with E-state index in [0.29, 0.717) is 16.7 Å². The SMILES string of the molecule is FC(F)(F)c1cc(N=C(c2ccccc2)c2ccccc2)c2nc1OCCCC=CCC(OCc1ccccc1)(C(F)(F)F)c1nnc-2o1. The van der Waals surface area contributed by atoms with E-state index in [1.54, 1.807) is 91.0 Å². The smallest absolute Gasteiger partial charge is 0.426 e. The number of hydrogen-bond donors (Lipinski definition) is 0. The minimum atomic E-state index is -5.05. The van der Waals surface area contributed by atoms with Crippen molar-refractivity contribution in [3.05, 3.63) is 137 Å². The number of alkyl halides is 6. The van der Waals surface area contributed by atoms with Gasteiger partial charge < -0.3 is 13.9 Å². The van der Waals surface area contributed by atoms with Crippen LogP contribution < -0.4 is 4.74 Å². The van der Waals surface area contributed by atoms with Gasteiger partial charge in [-0.25, -0.2) is 9.98 Å². The topological polar surface area (TPSA) is 82.6 Å². The van der Waals surface area contributed by atoms with Crippen molar-refractivity contribution in [3.63, 3.8) is 0 Å². The highest BCUT2D eigenvalue weighted by atomic mass is 19.4. The molecule has 0 radical (unpaired) electrons. The second-order valence-electron chi connectivity index (χ2n) is 11.1. The van der Waals surface area contributed by atoms with Crippen LogP contribution in [0.25, 0.3) is 11.6 Å². The number of aromatic nitrogens is 3. The number of rotatable bonds is 6. The number of nitrogens with zero attached hydrogens (tertiary/aromatic N) is 4. The molecule has 3 aromatic carbocycles. The zero-order valence-electron chi connectivity index (χ0n) is 25.7. The Morgan fingerprint density at radius 1 is 0.816 bits per heavy atom. The molecule has 0 amide bonds. The van der Waals surface area contributed by atoms with Crippen molar-refractivity contribution >= 4 is 11.4 Å². The second-order valence-corrected chi connectivity index (χ2v) is 11.1. The van der Waals surface area contributed by atoms with Crippen molar-refractivity contribution in [1.82, 2.24) is 15.2 Å². The molecule has 3 heterocycles. The number of benzene rings is 3.